The van der Waals surface area contributed by atoms with E-state index in [1.54, 1.807) is 12.2 Å². The van der Waals surface area contributed by atoms with Crippen LogP contribution in [-0.2, 0) is 27.5 Å². The van der Waals surface area contributed by atoms with Gasteiger partial charge in [0.15, 0.2) is 11.5 Å². The van der Waals surface area contributed by atoms with Gasteiger partial charge < -0.3 is 19.7 Å². The summed E-state index contributed by atoms with van der Waals surface area (Å²) in [6.07, 6.45) is -8.57. The van der Waals surface area contributed by atoms with Crippen LogP contribution < -0.4 is 15.0 Å². The van der Waals surface area contributed by atoms with E-state index in [2.05, 4.69) is 15.1 Å². The first kappa shape index (κ1) is 26.0. The maximum absolute atomic E-state index is 13.0. The van der Waals surface area contributed by atoms with E-state index < -0.39 is 53.3 Å². The largest absolute Gasteiger partial charge is 0.471 e. The number of aryl methyl sites for hydroxylation is 1. The first-order valence-corrected chi connectivity index (χ1v) is 10.2. The third-order valence-corrected chi connectivity index (χ3v) is 5.03. The molecular formula is C19H20F6N6O4. The molecule has 1 aliphatic heterocycles. The Hall–Kier alpha value is -3.59. The molecule has 1 aliphatic rings. The van der Waals surface area contributed by atoms with Crippen LogP contribution in [0.3, 0.4) is 0 Å². The molecule has 16 heteroatoms. The van der Waals surface area contributed by atoms with E-state index in [0.29, 0.717) is 23.6 Å². The van der Waals surface area contributed by atoms with Crippen LogP contribution in [-0.4, -0.2) is 57.5 Å². The van der Waals surface area contributed by atoms with E-state index in [-0.39, 0.29) is 25.5 Å². The lowest BCUT2D eigenvalue weighted by atomic mass is 9.97. The standard InChI is InChI=1S/C19H20F6N6O4/c1-3-34-16(32)10-4-6-31(7-5-10)14-13(28-17(33)19(23,24)25)15(27-9-26-14)35-12-8-11(18(20,21)22)29-30(12)2/h8-10H,3-7H2,1-2H3,(H,28,33). The van der Waals surface area contributed by atoms with Gasteiger partial charge in [-0.1, -0.05) is 0 Å². The first-order valence-electron chi connectivity index (χ1n) is 10.2. The first-order chi connectivity index (χ1) is 16.3. The van der Waals surface area contributed by atoms with Crippen molar-refractivity contribution in [2.24, 2.45) is 13.0 Å². The van der Waals surface area contributed by atoms with Crippen molar-refractivity contribution >= 4 is 23.4 Å². The zero-order chi connectivity index (χ0) is 26.0. The number of amides is 1. The summed E-state index contributed by atoms with van der Waals surface area (Å²) in [5.74, 6) is -4.47. The van der Waals surface area contributed by atoms with Crippen molar-refractivity contribution in [3.05, 3.63) is 18.1 Å². The zero-order valence-electron chi connectivity index (χ0n) is 18.4. The maximum atomic E-state index is 13.0. The molecule has 0 unspecified atom stereocenters. The molecule has 10 nitrogen and oxygen atoms in total. The molecule has 0 aromatic carbocycles. The van der Waals surface area contributed by atoms with Crippen LogP contribution in [0.4, 0.5) is 37.8 Å². The molecule has 0 atom stereocenters. The van der Waals surface area contributed by atoms with Crippen LogP contribution in [0.2, 0.25) is 0 Å². The Balaban J connectivity index is 1.94. The van der Waals surface area contributed by atoms with Crippen molar-refractivity contribution in [3.8, 4) is 11.8 Å². The number of halogens is 6. The van der Waals surface area contributed by atoms with Gasteiger partial charge in [-0.25, -0.2) is 9.67 Å². The Morgan fingerprint density at radius 3 is 2.34 bits per heavy atom. The zero-order valence-corrected chi connectivity index (χ0v) is 18.4. The number of hydrogen-bond donors (Lipinski definition) is 1. The smallest absolute Gasteiger partial charge is 0.466 e. The van der Waals surface area contributed by atoms with Gasteiger partial charge >= 0.3 is 24.2 Å². The lowest BCUT2D eigenvalue weighted by molar-refractivity contribution is -0.167. The van der Waals surface area contributed by atoms with Crippen molar-refractivity contribution in [1.82, 2.24) is 19.7 Å². The van der Waals surface area contributed by atoms with Crippen LogP contribution in [0, 0.1) is 5.92 Å². The number of hydrogen-bond acceptors (Lipinski definition) is 8. The van der Waals surface area contributed by atoms with Gasteiger partial charge in [0.05, 0.1) is 12.5 Å². The quantitative estimate of drug-likeness (QED) is 0.466. The fourth-order valence-electron chi connectivity index (χ4n) is 3.34. The molecule has 1 N–H and O–H groups in total. The van der Waals surface area contributed by atoms with Gasteiger partial charge in [0.2, 0.25) is 11.8 Å². The number of carbonyl (C=O) groups excluding carboxylic acids is 2. The number of carbonyl (C=O) groups is 2. The van der Waals surface area contributed by atoms with Gasteiger partial charge in [0.1, 0.15) is 12.0 Å². The average Bonchev–Trinajstić information content (AvgIpc) is 3.15. The fourth-order valence-corrected chi connectivity index (χ4v) is 3.34. The number of ether oxygens (including phenoxy) is 2. The molecule has 1 fully saturated rings. The highest BCUT2D eigenvalue weighted by Gasteiger charge is 2.41. The molecule has 0 radical (unpaired) electrons. The molecule has 0 spiro atoms. The van der Waals surface area contributed by atoms with E-state index >= 15 is 0 Å². The topological polar surface area (TPSA) is 111 Å². The SMILES string of the molecule is CCOC(=O)C1CCN(c2ncnc(Oc3cc(C(F)(F)F)nn3C)c2NC(=O)C(F)(F)F)CC1. The number of esters is 1. The predicted octanol–water partition coefficient (Wildman–Crippen LogP) is 3.30. The van der Waals surface area contributed by atoms with Crippen molar-refractivity contribution in [1.29, 1.82) is 0 Å². The number of anilines is 2. The molecule has 2 aromatic rings. The molecule has 1 saturated heterocycles. The van der Waals surface area contributed by atoms with E-state index in [9.17, 15) is 35.9 Å². The second-order valence-electron chi connectivity index (χ2n) is 7.43. The van der Waals surface area contributed by atoms with Crippen LogP contribution in [0.5, 0.6) is 11.8 Å². The van der Waals surface area contributed by atoms with E-state index in [4.69, 9.17) is 9.47 Å². The Morgan fingerprint density at radius 2 is 1.80 bits per heavy atom. The van der Waals surface area contributed by atoms with Crippen LogP contribution in [0.15, 0.2) is 12.4 Å². The summed E-state index contributed by atoms with van der Waals surface area (Å²) in [7, 11) is 1.13. The number of alkyl halides is 6. The second-order valence-corrected chi connectivity index (χ2v) is 7.43. The Morgan fingerprint density at radius 1 is 1.14 bits per heavy atom. The van der Waals surface area contributed by atoms with Crippen molar-refractivity contribution in [3.63, 3.8) is 0 Å². The van der Waals surface area contributed by atoms with Gasteiger partial charge in [0, 0.05) is 26.2 Å². The molecule has 0 bridgehead atoms. The Labute approximate surface area is 194 Å². The molecule has 0 saturated carbocycles. The molecule has 2 aromatic heterocycles. The fraction of sp³-hybridized carbons (Fsp3) is 0.526. The highest BCUT2D eigenvalue weighted by atomic mass is 19.4. The van der Waals surface area contributed by atoms with Crippen LogP contribution in [0.25, 0.3) is 0 Å². The summed E-state index contributed by atoms with van der Waals surface area (Å²) in [4.78, 5) is 32.8. The third-order valence-electron chi connectivity index (χ3n) is 5.03. The number of nitrogens with zero attached hydrogens (tertiary/aromatic N) is 5. The monoisotopic (exact) mass is 510 g/mol. The van der Waals surface area contributed by atoms with E-state index in [1.807, 2.05) is 0 Å². The van der Waals surface area contributed by atoms with Crippen molar-refractivity contribution in [2.75, 3.05) is 29.9 Å². The van der Waals surface area contributed by atoms with Crippen molar-refractivity contribution < 1.29 is 45.4 Å². The summed E-state index contributed by atoms with van der Waals surface area (Å²) < 4.78 is 88.9. The van der Waals surface area contributed by atoms with Gasteiger partial charge in [-0.05, 0) is 19.8 Å². The summed E-state index contributed by atoms with van der Waals surface area (Å²) >= 11 is 0. The van der Waals surface area contributed by atoms with E-state index in [0.717, 1.165) is 13.4 Å². The van der Waals surface area contributed by atoms with Gasteiger partial charge in [0.25, 0.3) is 0 Å². The Kier molecular flexibility index (Phi) is 7.40. The molecule has 35 heavy (non-hydrogen) atoms. The van der Waals surface area contributed by atoms with E-state index in [1.165, 1.54) is 4.90 Å². The summed E-state index contributed by atoms with van der Waals surface area (Å²) in [5, 5.41) is 4.91. The normalized spacial score (nSPS) is 15.1. The molecule has 3 heterocycles. The lowest BCUT2D eigenvalue weighted by Gasteiger charge is -2.32. The van der Waals surface area contributed by atoms with Gasteiger partial charge in [-0.3, -0.25) is 9.59 Å². The van der Waals surface area contributed by atoms with Crippen LogP contribution in [0.1, 0.15) is 25.5 Å². The number of nitrogens with one attached hydrogen (secondary N) is 1. The minimum Gasteiger partial charge on any atom is -0.466 e. The van der Waals surface area contributed by atoms with Gasteiger partial charge in [-0.15, -0.1) is 0 Å². The minimum absolute atomic E-state index is 0.159. The molecule has 3 rings (SSSR count). The predicted molar refractivity (Wildman–Crippen MR) is 107 cm³/mol. The van der Waals surface area contributed by atoms with Crippen molar-refractivity contribution in [2.45, 2.75) is 32.1 Å². The molecule has 192 valence electrons. The Bertz CT molecular complexity index is 1080. The minimum atomic E-state index is -5.28. The molecular weight excluding hydrogens is 490 g/mol. The van der Waals surface area contributed by atoms with Crippen LogP contribution >= 0.6 is 0 Å². The maximum Gasteiger partial charge on any atom is 0.471 e. The third kappa shape index (κ3) is 6.10. The van der Waals surface area contributed by atoms with Gasteiger partial charge in [-0.2, -0.15) is 36.4 Å². The highest BCUT2D eigenvalue weighted by molar-refractivity contribution is 5.98. The lowest BCUT2D eigenvalue weighted by Crippen LogP contribution is -2.38. The summed E-state index contributed by atoms with van der Waals surface area (Å²) in [6, 6.07) is 0.530. The molecule has 1 amide bonds. The number of aromatic nitrogens is 4. The second kappa shape index (κ2) is 9.95. The number of rotatable bonds is 6. The summed E-state index contributed by atoms with van der Waals surface area (Å²) in [6.45, 7) is 2.19. The highest BCUT2D eigenvalue weighted by Crippen LogP contribution is 2.38. The summed E-state index contributed by atoms with van der Waals surface area (Å²) in [5.41, 5.74) is -1.90. The molecule has 0 aliphatic carbocycles. The number of piperidine rings is 1. The average molecular weight is 510 g/mol.